The van der Waals surface area contributed by atoms with Crippen LogP contribution in [0, 0.1) is 50.4 Å². The van der Waals surface area contributed by atoms with Crippen LogP contribution in [0.2, 0.25) is 0 Å². The summed E-state index contributed by atoms with van der Waals surface area (Å²) < 4.78 is 187. The van der Waals surface area contributed by atoms with Gasteiger partial charge in [-0.15, -0.1) is 36.2 Å². The fourth-order valence-corrected chi connectivity index (χ4v) is 14.4. The maximum atomic E-state index is 12.7. The van der Waals surface area contributed by atoms with E-state index in [1.165, 1.54) is 85.7 Å². The molecule has 0 fully saturated rings. The number of hydrogen-bond acceptors (Lipinski definition) is 21. The highest BCUT2D eigenvalue weighted by Crippen LogP contribution is 2.37. The van der Waals surface area contributed by atoms with E-state index in [0.29, 0.717) is 68.5 Å². The van der Waals surface area contributed by atoms with Gasteiger partial charge >= 0.3 is 43.0 Å². The van der Waals surface area contributed by atoms with Crippen molar-refractivity contribution >= 4 is 66.0 Å². The summed E-state index contributed by atoms with van der Waals surface area (Å²) in [5.41, 5.74) is 0.463. The Morgan fingerprint density at radius 1 is 0.400 bits per heavy atom. The van der Waals surface area contributed by atoms with Crippen LogP contribution in [0.5, 0.6) is 40.2 Å². The van der Waals surface area contributed by atoms with Crippen LogP contribution < -0.4 is 28.4 Å². The van der Waals surface area contributed by atoms with E-state index in [1.54, 1.807) is 37.6 Å². The molecule has 135 heavy (non-hydrogen) atoms. The Morgan fingerprint density at radius 3 is 1.01 bits per heavy atom. The maximum absolute atomic E-state index is 12.7. The molecule has 0 aliphatic rings. The number of carbonyl (C=O) groups excluding carboxylic acids is 7. The minimum Gasteiger partial charge on any atom is -0.508 e. The summed E-state index contributed by atoms with van der Waals surface area (Å²) >= 11 is 7.75. The molecule has 0 aromatic heterocycles. The van der Waals surface area contributed by atoms with E-state index in [9.17, 15) is 72.2 Å². The first-order chi connectivity index (χ1) is 63.5. The Hall–Kier alpha value is -9.27. The van der Waals surface area contributed by atoms with E-state index in [2.05, 4.69) is 85.4 Å². The second-order valence-electron chi connectivity index (χ2n) is 31.1. The maximum Gasteiger partial charge on any atom is 0.416 e. The standard InChI is InChI=1S/C25H33F3O2S.C23H29F3O2S.C15H21F3O2.C11H20O3.C10H12O2S.C8H18O2.C7H5F3O.2CO2.FH/c1-4-6-7-8-20(17-30-22-11-9-21(10-12-22)25(26,27)28)18-31-23-13-14-24(19(3)16-23)29-15-5-2;1-4-5-6-7-18(16-29-21-12-13-22(27-3)17(2)14-21)15-28-20-10-8-19(9-11-20)23(24,25)26;1-2-3-4-5-12(10-19)11-20-14-8-6-13(7-9-14)15(16,17)18;1-4-6-7-8-10(9(3)12)11(13)14-5-2;1-7-5-9(13)3-4-10(7)12-6-8(2)11;1-2-3-4-5-8(6-9)7-10;8-7(9,10)5-1-3-6(11)4-2-5;2*2-1-3;/h9-14,16,20H,4-8,15,17-18H2,1-3H3;8-14,18H,4-7,15-16H2,1-3H3;6-9,12,19H,2-5,10-11H2,1H3;10H,4-8H2,1-3H3;3-5,13H,6H2,1-2H3;8-10H,2-7H2,1H3;1-4,11H;;;1H. The minimum atomic E-state index is -4.33. The molecule has 7 rings (SSSR count). The summed E-state index contributed by atoms with van der Waals surface area (Å²) in [5.74, 6) is 5.37. The van der Waals surface area contributed by atoms with Gasteiger partial charge in [0.05, 0.1) is 62.4 Å². The van der Waals surface area contributed by atoms with Gasteiger partial charge in [0, 0.05) is 69.7 Å². The van der Waals surface area contributed by atoms with Crippen molar-refractivity contribution in [3.05, 3.63) is 191 Å². The first kappa shape index (κ1) is 130. The molecule has 0 aliphatic heterocycles. The monoisotopic (exact) mass is 1980 g/mol. The van der Waals surface area contributed by atoms with Crippen molar-refractivity contribution in [3.8, 4) is 40.2 Å². The van der Waals surface area contributed by atoms with Crippen molar-refractivity contribution in [1.29, 1.82) is 0 Å². The molecule has 4 atom stereocenters. The highest BCUT2D eigenvalue weighted by atomic mass is 32.2. The van der Waals surface area contributed by atoms with E-state index in [0.717, 1.165) is 214 Å². The van der Waals surface area contributed by atoms with Gasteiger partial charge < -0.3 is 53.6 Å². The van der Waals surface area contributed by atoms with Crippen LogP contribution >= 0.6 is 36.2 Å². The van der Waals surface area contributed by atoms with Gasteiger partial charge in [-0.1, -0.05) is 138 Å². The number of phenols is 1. The fraction of sp³-hybridized carbons (Fsp3) is 0.535. The van der Waals surface area contributed by atoms with Crippen molar-refractivity contribution in [2.45, 2.75) is 257 Å². The quantitative estimate of drug-likeness (QED) is 0.00592. The number of ether oxygens (including phenoxy) is 7. The number of aryl methyl sites for hydroxylation is 3. The largest absolute Gasteiger partial charge is 0.508 e. The molecule has 7 aromatic carbocycles. The molecule has 0 amide bonds. The number of carbonyl (C=O) groups is 3. The molecule has 4 N–H and O–H groups in total. The Morgan fingerprint density at radius 2 is 0.711 bits per heavy atom. The molecule has 0 bridgehead atoms. The lowest BCUT2D eigenvalue weighted by molar-refractivity contribution is -0.193. The zero-order chi connectivity index (χ0) is 102. The number of unbranched alkanes of at least 4 members (excludes halogenated alkanes) is 10. The van der Waals surface area contributed by atoms with Crippen LogP contribution in [0.1, 0.15) is 236 Å². The minimum absolute atomic E-state index is 0. The smallest absolute Gasteiger partial charge is 0.416 e. The number of thiol groups is 1. The lowest BCUT2D eigenvalue weighted by Gasteiger charge is -2.18. The van der Waals surface area contributed by atoms with Crippen molar-refractivity contribution in [2.75, 3.05) is 78.1 Å². The fourth-order valence-electron chi connectivity index (χ4n) is 11.9. The predicted octanol–water partition coefficient (Wildman–Crippen LogP) is 27.0. The van der Waals surface area contributed by atoms with Crippen molar-refractivity contribution in [2.24, 2.45) is 29.6 Å². The second-order valence-corrected chi connectivity index (χ2v) is 33.8. The predicted molar refractivity (Wildman–Crippen MR) is 504 cm³/mol. The molecule has 0 radical (unpaired) electrons. The van der Waals surface area contributed by atoms with Crippen LogP contribution in [-0.2, 0) is 63.0 Å². The van der Waals surface area contributed by atoms with Gasteiger partial charge in [0.2, 0.25) is 0 Å². The van der Waals surface area contributed by atoms with Crippen LogP contribution in [-0.4, -0.2) is 128 Å². The Kier molecular flexibility index (Phi) is 73.8. The molecule has 0 aliphatic carbocycles. The number of Topliss-reactive ketones (excluding diaryl/α,β-unsaturated/α-hetero) is 2. The van der Waals surface area contributed by atoms with Crippen LogP contribution in [0.15, 0.2) is 166 Å². The first-order valence-electron chi connectivity index (χ1n) is 44.8. The third-order valence-electron chi connectivity index (χ3n) is 19.5. The van der Waals surface area contributed by atoms with Crippen LogP contribution in [0.3, 0.4) is 0 Å². The highest BCUT2D eigenvalue weighted by Gasteiger charge is 2.33. The summed E-state index contributed by atoms with van der Waals surface area (Å²) in [7, 11) is 1.66. The molecule has 0 spiro atoms. The molecule has 34 heteroatoms. The molecule has 0 saturated carbocycles. The normalized spacial score (nSPS) is 11.6. The molecule has 760 valence electrons. The molecule has 4 unspecified atom stereocenters. The summed E-state index contributed by atoms with van der Waals surface area (Å²) in [6.45, 7) is 26.3. The number of hydrogen-bond donors (Lipinski definition) is 5. The van der Waals surface area contributed by atoms with E-state index < -0.39 is 52.9 Å². The average Bonchev–Trinajstić information content (AvgIpc) is 0.923. The number of aromatic hydroxyl groups is 1. The summed E-state index contributed by atoms with van der Waals surface area (Å²) in [6, 6.07) is 36.1. The topological polar surface area (TPSA) is 265 Å². The number of aliphatic hydroxyl groups is 3. The number of alkyl halides is 12. The second kappa shape index (κ2) is 76.8. The van der Waals surface area contributed by atoms with Crippen molar-refractivity contribution in [3.63, 3.8) is 0 Å². The number of methoxy groups -OCH3 is 1. The number of rotatable bonds is 48. The summed E-state index contributed by atoms with van der Waals surface area (Å²) in [5, 5.41) is 35.2. The summed E-state index contributed by atoms with van der Waals surface area (Å²) in [6.07, 6.45) is 5.44. The Labute approximate surface area is 802 Å². The van der Waals surface area contributed by atoms with Gasteiger partial charge in [0.25, 0.3) is 0 Å². The number of halogens is 13. The van der Waals surface area contributed by atoms with Gasteiger partial charge in [0.1, 0.15) is 58.6 Å². The molecule has 0 saturated heterocycles. The third kappa shape index (κ3) is 63.7. The van der Waals surface area contributed by atoms with Crippen molar-refractivity contribution < 1.29 is 145 Å². The Balaban J connectivity index is -0.00000154. The van der Waals surface area contributed by atoms with E-state index in [4.69, 9.17) is 67.7 Å². The highest BCUT2D eigenvalue weighted by molar-refractivity contribution is 7.99. The first-order valence-corrected chi connectivity index (χ1v) is 47.3. The van der Waals surface area contributed by atoms with Gasteiger partial charge in [-0.25, -0.2) is 0 Å². The van der Waals surface area contributed by atoms with E-state index >= 15 is 0 Å². The van der Waals surface area contributed by atoms with Gasteiger partial charge in [-0.3, -0.25) is 19.1 Å². The van der Waals surface area contributed by atoms with E-state index in [-0.39, 0.29) is 78.6 Å². The van der Waals surface area contributed by atoms with Crippen LogP contribution in [0.4, 0.5) is 57.4 Å². The number of phenolic OH excluding ortho intramolecular Hbond substituents is 1. The molecular weight excluding hydrogens is 1840 g/mol. The number of thioether (sulfide) groups is 2. The molecule has 7 aromatic rings. The van der Waals surface area contributed by atoms with E-state index in [1.807, 2.05) is 44.2 Å². The van der Waals surface area contributed by atoms with Gasteiger partial charge in [0.15, 0.2) is 5.78 Å². The van der Waals surface area contributed by atoms with Crippen molar-refractivity contribution in [1.82, 2.24) is 0 Å². The lowest BCUT2D eigenvalue weighted by atomic mass is 9.98. The number of ketones is 2. The SMILES string of the molecule is CC(=O)COc1ccc(S)cc1C.CCCCCC(C(C)=O)C(=O)OCC.CCCCCC(CO)CO.CCCCCC(CO)COc1ccc(C(F)(F)F)cc1.CCCCCC(COc1ccc(C(F)(F)F)cc1)CSc1ccc(OC)c(C)c1.CCCCCC(COc1ccc(C(F)(F)F)cc1)CSc1ccc(OCCC)c(C)c1.F.O=C=O.O=C=O.Oc1ccc(C(F)(F)F)cc1. The number of esters is 1. The van der Waals surface area contributed by atoms with Crippen LogP contribution in [0.25, 0.3) is 0 Å². The molecular formula is C101H139F13O18S3. The number of benzene rings is 7. The summed E-state index contributed by atoms with van der Waals surface area (Å²) in [4.78, 5) is 68.9. The zero-order valence-electron chi connectivity index (χ0n) is 79.7. The van der Waals surface area contributed by atoms with Gasteiger partial charge in [-0.2, -0.15) is 71.9 Å². The average molecular weight is 1980 g/mol. The lowest BCUT2D eigenvalue weighted by Crippen LogP contribution is -2.24. The van der Waals surface area contributed by atoms with Gasteiger partial charge in [-0.05, 0) is 248 Å². The number of aliphatic hydroxyl groups excluding tert-OH is 3. The zero-order valence-corrected chi connectivity index (χ0v) is 82.2. The Bertz CT molecular complexity index is 4270. The molecule has 18 nitrogen and oxygen atoms in total. The molecule has 0 heterocycles. The third-order valence-corrected chi connectivity index (χ3v) is 22.3.